The molecular weight excluding hydrogens is 374 g/mol. The molecule has 152 valence electrons. The van der Waals surface area contributed by atoms with E-state index in [9.17, 15) is 4.79 Å². The van der Waals surface area contributed by atoms with Crippen LogP contribution in [0.2, 0.25) is 0 Å². The van der Waals surface area contributed by atoms with Crippen molar-refractivity contribution in [1.82, 2.24) is 19.6 Å². The Morgan fingerprint density at radius 2 is 2.07 bits per heavy atom. The number of urea groups is 1. The second-order valence-corrected chi connectivity index (χ2v) is 8.76. The van der Waals surface area contributed by atoms with Crippen molar-refractivity contribution in [3.05, 3.63) is 35.7 Å². The number of nitrogens with one attached hydrogen (secondary N) is 1. The third-order valence-corrected chi connectivity index (χ3v) is 5.30. The molecule has 0 saturated carbocycles. The molecule has 1 aromatic heterocycles. The number of rotatable bonds is 4. The molecule has 7 nitrogen and oxygen atoms in total. The van der Waals surface area contributed by atoms with Gasteiger partial charge < -0.3 is 19.9 Å². The van der Waals surface area contributed by atoms with Gasteiger partial charge in [0, 0.05) is 49.7 Å². The minimum atomic E-state index is -0.225. The third kappa shape index (κ3) is 5.58. The molecule has 1 saturated heterocycles. The van der Waals surface area contributed by atoms with Gasteiger partial charge in [-0.15, -0.1) is 0 Å². The molecule has 2 amide bonds. The number of hydrogen-bond acceptors (Lipinski definition) is 6. The topological polar surface area (TPSA) is 70.6 Å². The first-order chi connectivity index (χ1) is 13.3. The second-order valence-electron chi connectivity index (χ2n) is 8.03. The predicted octanol–water partition coefficient (Wildman–Crippen LogP) is 3.16. The van der Waals surface area contributed by atoms with Gasteiger partial charge in [-0.2, -0.15) is 4.37 Å². The van der Waals surface area contributed by atoms with Gasteiger partial charge in [-0.3, -0.25) is 0 Å². The van der Waals surface area contributed by atoms with Crippen LogP contribution in [-0.2, 0) is 6.42 Å². The van der Waals surface area contributed by atoms with E-state index in [-0.39, 0.29) is 11.6 Å². The highest BCUT2D eigenvalue weighted by molar-refractivity contribution is 7.09. The summed E-state index contributed by atoms with van der Waals surface area (Å²) in [5, 5.41) is 3.97. The highest BCUT2D eigenvalue weighted by Crippen LogP contribution is 2.22. The molecule has 0 bridgehead atoms. The Morgan fingerprint density at radius 1 is 1.25 bits per heavy atom. The molecule has 1 fully saturated rings. The van der Waals surface area contributed by atoms with Crippen molar-refractivity contribution in [1.29, 1.82) is 0 Å². The first-order valence-electron chi connectivity index (χ1n) is 9.61. The molecule has 28 heavy (non-hydrogen) atoms. The number of benzene rings is 1. The molecule has 2 aromatic rings. The zero-order chi connectivity index (χ0) is 20.1. The van der Waals surface area contributed by atoms with E-state index < -0.39 is 0 Å². The Hall–Kier alpha value is -2.35. The Morgan fingerprint density at radius 3 is 2.82 bits per heavy atom. The molecule has 0 spiro atoms. The van der Waals surface area contributed by atoms with E-state index in [0.29, 0.717) is 13.0 Å². The van der Waals surface area contributed by atoms with Crippen LogP contribution in [0.5, 0.6) is 5.75 Å². The van der Waals surface area contributed by atoms with Crippen molar-refractivity contribution in [3.63, 3.8) is 0 Å². The van der Waals surface area contributed by atoms with Crippen molar-refractivity contribution in [2.45, 2.75) is 39.2 Å². The number of anilines is 1. The molecule has 1 aromatic carbocycles. The summed E-state index contributed by atoms with van der Waals surface area (Å²) in [6.45, 7) is 9.10. The van der Waals surface area contributed by atoms with Gasteiger partial charge in [0.15, 0.2) is 0 Å². The van der Waals surface area contributed by atoms with Crippen molar-refractivity contribution >= 4 is 22.7 Å². The lowest BCUT2D eigenvalue weighted by atomic mass is 10.1. The first-order valence-corrected chi connectivity index (χ1v) is 10.4. The monoisotopic (exact) mass is 403 g/mol. The summed E-state index contributed by atoms with van der Waals surface area (Å²) in [5.41, 5.74) is 0.904. The fraction of sp³-hybridized carbons (Fsp3) is 0.550. The van der Waals surface area contributed by atoms with E-state index in [1.807, 2.05) is 43.9 Å². The van der Waals surface area contributed by atoms with Gasteiger partial charge in [-0.05, 0) is 44.9 Å². The van der Waals surface area contributed by atoms with Gasteiger partial charge in [-0.1, -0.05) is 12.1 Å². The number of nitrogens with zero attached hydrogens (tertiary/aromatic N) is 4. The maximum absolute atomic E-state index is 12.4. The van der Waals surface area contributed by atoms with Crippen LogP contribution < -0.4 is 15.0 Å². The Bertz CT molecular complexity index is 802. The summed E-state index contributed by atoms with van der Waals surface area (Å²) in [7, 11) is 1.67. The van der Waals surface area contributed by atoms with Gasteiger partial charge in [0.05, 0.1) is 7.11 Å². The molecule has 0 radical (unpaired) electrons. The molecule has 0 aliphatic carbocycles. The largest absolute Gasteiger partial charge is 0.497 e. The highest BCUT2D eigenvalue weighted by atomic mass is 32.1. The lowest BCUT2D eigenvalue weighted by Crippen LogP contribution is -2.49. The zero-order valence-electron chi connectivity index (χ0n) is 17.1. The van der Waals surface area contributed by atoms with Gasteiger partial charge in [0.25, 0.3) is 0 Å². The number of methoxy groups -OCH3 is 1. The SMILES string of the molecule is COc1cccc(Cc2nsc(N3CCCN(C(=O)NC(C)(C)C)CC3)n2)c1. The maximum Gasteiger partial charge on any atom is 0.317 e. The van der Waals surface area contributed by atoms with E-state index in [1.54, 1.807) is 7.11 Å². The maximum atomic E-state index is 12.4. The molecule has 1 N–H and O–H groups in total. The molecular formula is C20H29N5O2S. The fourth-order valence-electron chi connectivity index (χ4n) is 3.12. The van der Waals surface area contributed by atoms with Crippen molar-refractivity contribution in [2.24, 2.45) is 0 Å². The molecule has 1 aliphatic heterocycles. The smallest absolute Gasteiger partial charge is 0.317 e. The lowest BCUT2D eigenvalue weighted by molar-refractivity contribution is 0.192. The van der Waals surface area contributed by atoms with Crippen LogP contribution in [0.1, 0.15) is 38.6 Å². The van der Waals surface area contributed by atoms with Crippen molar-refractivity contribution < 1.29 is 9.53 Å². The molecule has 1 aliphatic rings. The van der Waals surface area contributed by atoms with Crippen LogP contribution in [0, 0.1) is 0 Å². The molecule has 3 rings (SSSR count). The lowest BCUT2D eigenvalue weighted by Gasteiger charge is -2.27. The standard InChI is InChI=1S/C20H29N5O2S/c1-20(2,3)22-18(26)24-9-6-10-25(12-11-24)19-21-17(23-28-19)14-15-7-5-8-16(13-15)27-4/h5,7-8,13H,6,9-12,14H2,1-4H3,(H,22,26). The van der Waals surface area contributed by atoms with E-state index >= 15 is 0 Å². The quantitative estimate of drug-likeness (QED) is 0.849. The van der Waals surface area contributed by atoms with E-state index in [4.69, 9.17) is 9.72 Å². The Balaban J connectivity index is 1.60. The molecule has 0 atom stereocenters. The summed E-state index contributed by atoms with van der Waals surface area (Å²) in [4.78, 5) is 21.3. The van der Waals surface area contributed by atoms with Crippen LogP contribution in [0.25, 0.3) is 0 Å². The summed E-state index contributed by atoms with van der Waals surface area (Å²) < 4.78 is 9.81. The van der Waals surface area contributed by atoms with Crippen LogP contribution in [0.15, 0.2) is 24.3 Å². The Kier molecular flexibility index (Phi) is 6.39. The number of aromatic nitrogens is 2. The summed E-state index contributed by atoms with van der Waals surface area (Å²) in [6.07, 6.45) is 1.60. The molecule has 2 heterocycles. The highest BCUT2D eigenvalue weighted by Gasteiger charge is 2.23. The molecule has 8 heteroatoms. The summed E-state index contributed by atoms with van der Waals surface area (Å²) in [6, 6.07) is 7.99. The number of ether oxygens (including phenoxy) is 1. The van der Waals surface area contributed by atoms with E-state index in [2.05, 4.69) is 20.7 Å². The van der Waals surface area contributed by atoms with Crippen LogP contribution >= 0.6 is 11.5 Å². The average Bonchev–Trinajstić information content (AvgIpc) is 2.95. The Labute approximate surface area is 170 Å². The molecule has 0 unspecified atom stereocenters. The number of carbonyl (C=O) groups excluding carboxylic acids is 1. The normalized spacial score (nSPS) is 15.3. The average molecular weight is 404 g/mol. The van der Waals surface area contributed by atoms with Crippen LogP contribution in [-0.4, -0.2) is 59.1 Å². The van der Waals surface area contributed by atoms with Crippen molar-refractivity contribution in [3.8, 4) is 5.75 Å². The number of hydrogen-bond donors (Lipinski definition) is 1. The van der Waals surface area contributed by atoms with Crippen LogP contribution in [0.3, 0.4) is 0 Å². The van der Waals surface area contributed by atoms with Crippen molar-refractivity contribution in [2.75, 3.05) is 38.2 Å². The van der Waals surface area contributed by atoms with E-state index in [0.717, 1.165) is 48.3 Å². The second kappa shape index (κ2) is 8.77. The zero-order valence-corrected chi connectivity index (χ0v) is 17.9. The minimum absolute atomic E-state index is 0.00493. The fourth-order valence-corrected chi connectivity index (χ4v) is 3.86. The number of amides is 2. The minimum Gasteiger partial charge on any atom is -0.497 e. The van der Waals surface area contributed by atoms with E-state index in [1.165, 1.54) is 11.5 Å². The van der Waals surface area contributed by atoms with Gasteiger partial charge in [0.1, 0.15) is 11.6 Å². The summed E-state index contributed by atoms with van der Waals surface area (Å²) >= 11 is 1.43. The first kappa shape index (κ1) is 20.4. The van der Waals surface area contributed by atoms with Gasteiger partial charge in [0.2, 0.25) is 5.13 Å². The third-order valence-electron chi connectivity index (χ3n) is 4.49. The summed E-state index contributed by atoms with van der Waals surface area (Å²) in [5.74, 6) is 1.66. The van der Waals surface area contributed by atoms with Gasteiger partial charge >= 0.3 is 6.03 Å². The number of carbonyl (C=O) groups is 1. The van der Waals surface area contributed by atoms with Crippen LogP contribution in [0.4, 0.5) is 9.93 Å². The van der Waals surface area contributed by atoms with Gasteiger partial charge in [-0.25, -0.2) is 9.78 Å². The predicted molar refractivity (Wildman–Crippen MR) is 112 cm³/mol.